The van der Waals surface area contributed by atoms with Crippen LogP contribution in [-0.4, -0.2) is 83.4 Å². The number of hydrogen-bond donors (Lipinski definition) is 1. The standard InChI is InChI=1S/C23H33N5O3S/c1-16-4-5-17(2)20(12-16)28-18(3)25-26-23(28)32-15-22(29)24-13-21(19-6-9-31-14-19)27-7-10-30-11-8-27/h4-5,12,19,21H,6-11,13-15H2,1-3H3,(H,24,29). The van der Waals surface area contributed by atoms with Gasteiger partial charge in [-0.15, -0.1) is 10.2 Å². The van der Waals surface area contributed by atoms with Crippen LogP contribution in [0.15, 0.2) is 23.4 Å². The van der Waals surface area contributed by atoms with Gasteiger partial charge in [-0.05, 0) is 44.4 Å². The van der Waals surface area contributed by atoms with Crippen molar-refractivity contribution in [2.45, 2.75) is 38.4 Å². The second kappa shape index (κ2) is 10.8. The zero-order valence-electron chi connectivity index (χ0n) is 19.2. The fourth-order valence-corrected chi connectivity index (χ4v) is 5.25. The number of ether oxygens (including phenoxy) is 2. The molecule has 9 heteroatoms. The van der Waals surface area contributed by atoms with Crippen LogP contribution >= 0.6 is 11.8 Å². The van der Waals surface area contributed by atoms with Crippen molar-refractivity contribution in [2.75, 3.05) is 51.8 Å². The molecule has 4 rings (SSSR count). The Hall–Kier alpha value is -1.94. The number of aromatic nitrogens is 3. The molecule has 0 spiro atoms. The predicted molar refractivity (Wildman–Crippen MR) is 124 cm³/mol. The molecule has 2 unspecified atom stereocenters. The Balaban J connectivity index is 1.37. The number of rotatable bonds is 8. The van der Waals surface area contributed by atoms with Gasteiger partial charge in [0.1, 0.15) is 5.82 Å². The molecule has 0 saturated carbocycles. The van der Waals surface area contributed by atoms with Crippen LogP contribution in [0.2, 0.25) is 0 Å². The third-order valence-electron chi connectivity index (χ3n) is 6.27. The van der Waals surface area contributed by atoms with Crippen molar-refractivity contribution < 1.29 is 14.3 Å². The number of aryl methyl sites for hydroxylation is 3. The first-order chi connectivity index (χ1) is 15.5. The van der Waals surface area contributed by atoms with E-state index in [1.807, 2.05) is 11.5 Å². The Kier molecular flexibility index (Phi) is 7.83. The minimum atomic E-state index is 0.0142. The average molecular weight is 460 g/mol. The van der Waals surface area contributed by atoms with E-state index < -0.39 is 0 Å². The molecule has 1 aromatic heterocycles. The molecule has 0 radical (unpaired) electrons. The monoisotopic (exact) mass is 459 g/mol. The fourth-order valence-electron chi connectivity index (χ4n) is 4.43. The van der Waals surface area contributed by atoms with Crippen LogP contribution in [0.25, 0.3) is 5.69 Å². The van der Waals surface area contributed by atoms with Gasteiger partial charge in [0.2, 0.25) is 5.91 Å². The second-order valence-corrected chi connectivity index (χ2v) is 9.53. The lowest BCUT2D eigenvalue weighted by atomic mass is 9.97. The first-order valence-electron chi connectivity index (χ1n) is 11.3. The van der Waals surface area contributed by atoms with Crippen molar-refractivity contribution >= 4 is 17.7 Å². The van der Waals surface area contributed by atoms with Crippen molar-refractivity contribution in [1.29, 1.82) is 0 Å². The van der Waals surface area contributed by atoms with Gasteiger partial charge in [0.05, 0.1) is 31.3 Å². The van der Waals surface area contributed by atoms with Crippen molar-refractivity contribution in [3.05, 3.63) is 35.2 Å². The molecule has 174 valence electrons. The maximum absolute atomic E-state index is 12.7. The highest BCUT2D eigenvalue weighted by Crippen LogP contribution is 2.25. The molecular formula is C23H33N5O3S. The lowest BCUT2D eigenvalue weighted by molar-refractivity contribution is -0.119. The van der Waals surface area contributed by atoms with Gasteiger partial charge in [0.15, 0.2) is 5.16 Å². The summed E-state index contributed by atoms with van der Waals surface area (Å²) in [4.78, 5) is 15.2. The topological polar surface area (TPSA) is 81.5 Å². The fraction of sp³-hybridized carbons (Fsp3) is 0.609. The van der Waals surface area contributed by atoms with Gasteiger partial charge in [0.25, 0.3) is 0 Å². The van der Waals surface area contributed by atoms with Crippen molar-refractivity contribution in [1.82, 2.24) is 25.0 Å². The molecule has 1 N–H and O–H groups in total. The van der Waals surface area contributed by atoms with Gasteiger partial charge in [-0.25, -0.2) is 0 Å². The summed E-state index contributed by atoms with van der Waals surface area (Å²) in [6.45, 7) is 11.6. The van der Waals surface area contributed by atoms with Crippen LogP contribution in [0, 0.1) is 26.7 Å². The Morgan fingerprint density at radius 1 is 1.19 bits per heavy atom. The number of amides is 1. The number of thioether (sulfide) groups is 1. The number of carbonyl (C=O) groups excluding carboxylic acids is 1. The number of carbonyl (C=O) groups is 1. The molecule has 0 bridgehead atoms. The maximum Gasteiger partial charge on any atom is 0.230 e. The number of hydrogen-bond acceptors (Lipinski definition) is 7. The van der Waals surface area contributed by atoms with E-state index in [1.165, 1.54) is 17.3 Å². The zero-order valence-corrected chi connectivity index (χ0v) is 20.0. The van der Waals surface area contributed by atoms with E-state index in [0.717, 1.165) is 68.2 Å². The molecule has 0 aliphatic carbocycles. The molecule has 2 aliphatic rings. The molecule has 2 atom stereocenters. The zero-order chi connectivity index (χ0) is 22.5. The molecule has 32 heavy (non-hydrogen) atoms. The third-order valence-corrected chi connectivity index (χ3v) is 7.19. The Labute approximate surface area is 194 Å². The summed E-state index contributed by atoms with van der Waals surface area (Å²) in [6.07, 6.45) is 1.05. The van der Waals surface area contributed by atoms with E-state index in [0.29, 0.717) is 18.2 Å². The molecular weight excluding hydrogens is 426 g/mol. The van der Waals surface area contributed by atoms with Gasteiger partial charge < -0.3 is 14.8 Å². The minimum Gasteiger partial charge on any atom is -0.381 e. The summed E-state index contributed by atoms with van der Waals surface area (Å²) in [5, 5.41) is 12.5. The van der Waals surface area contributed by atoms with Crippen LogP contribution in [0.1, 0.15) is 23.4 Å². The third kappa shape index (κ3) is 5.51. The van der Waals surface area contributed by atoms with Crippen molar-refractivity contribution in [3.63, 3.8) is 0 Å². The Bertz CT molecular complexity index is 922. The van der Waals surface area contributed by atoms with E-state index in [-0.39, 0.29) is 11.9 Å². The molecule has 2 fully saturated rings. The number of nitrogens with zero attached hydrogens (tertiary/aromatic N) is 4. The van der Waals surface area contributed by atoms with Crippen LogP contribution in [0.4, 0.5) is 0 Å². The molecule has 1 aromatic carbocycles. The number of nitrogens with one attached hydrogen (secondary N) is 1. The predicted octanol–water partition coefficient (Wildman–Crippen LogP) is 2.14. The Morgan fingerprint density at radius 3 is 2.75 bits per heavy atom. The molecule has 1 amide bonds. The summed E-state index contributed by atoms with van der Waals surface area (Å²) in [6, 6.07) is 6.62. The van der Waals surface area contributed by atoms with Crippen LogP contribution < -0.4 is 5.32 Å². The summed E-state index contributed by atoms with van der Waals surface area (Å²) >= 11 is 1.42. The molecule has 8 nitrogen and oxygen atoms in total. The second-order valence-electron chi connectivity index (χ2n) is 8.59. The van der Waals surface area contributed by atoms with Crippen LogP contribution in [-0.2, 0) is 14.3 Å². The highest BCUT2D eigenvalue weighted by molar-refractivity contribution is 7.99. The lowest BCUT2D eigenvalue weighted by Crippen LogP contribution is -2.52. The summed E-state index contributed by atoms with van der Waals surface area (Å²) < 4.78 is 13.2. The van der Waals surface area contributed by atoms with Crippen molar-refractivity contribution in [2.24, 2.45) is 5.92 Å². The van der Waals surface area contributed by atoms with Gasteiger partial charge in [-0.3, -0.25) is 14.3 Å². The van der Waals surface area contributed by atoms with Crippen molar-refractivity contribution in [3.8, 4) is 5.69 Å². The molecule has 2 saturated heterocycles. The average Bonchev–Trinajstić information content (AvgIpc) is 3.45. The minimum absolute atomic E-state index is 0.0142. The molecule has 3 heterocycles. The summed E-state index contributed by atoms with van der Waals surface area (Å²) in [5.74, 6) is 1.59. The van der Waals surface area contributed by atoms with E-state index >= 15 is 0 Å². The number of benzene rings is 1. The van der Waals surface area contributed by atoms with E-state index in [1.54, 1.807) is 0 Å². The van der Waals surface area contributed by atoms with E-state index in [2.05, 4.69) is 52.5 Å². The van der Waals surface area contributed by atoms with Gasteiger partial charge >= 0.3 is 0 Å². The van der Waals surface area contributed by atoms with Gasteiger partial charge in [0, 0.05) is 38.2 Å². The van der Waals surface area contributed by atoms with Crippen LogP contribution in [0.5, 0.6) is 0 Å². The SMILES string of the molecule is Cc1ccc(C)c(-n2c(C)nnc2SCC(=O)NCC(C2CCOC2)N2CCOCC2)c1. The van der Waals surface area contributed by atoms with Gasteiger partial charge in [-0.1, -0.05) is 23.9 Å². The quantitative estimate of drug-likeness (QED) is 0.606. The van der Waals surface area contributed by atoms with E-state index in [9.17, 15) is 4.79 Å². The normalized spacial score (nSPS) is 20.4. The maximum atomic E-state index is 12.7. The highest BCUT2D eigenvalue weighted by Gasteiger charge is 2.31. The lowest BCUT2D eigenvalue weighted by Gasteiger charge is -2.37. The largest absolute Gasteiger partial charge is 0.381 e. The summed E-state index contributed by atoms with van der Waals surface area (Å²) in [5.41, 5.74) is 3.39. The van der Waals surface area contributed by atoms with Crippen LogP contribution in [0.3, 0.4) is 0 Å². The first-order valence-corrected chi connectivity index (χ1v) is 12.3. The Morgan fingerprint density at radius 2 is 2.00 bits per heavy atom. The molecule has 2 aromatic rings. The summed E-state index contributed by atoms with van der Waals surface area (Å²) in [7, 11) is 0. The smallest absolute Gasteiger partial charge is 0.230 e. The number of morpholine rings is 1. The highest BCUT2D eigenvalue weighted by atomic mass is 32.2. The molecule has 2 aliphatic heterocycles. The first kappa shape index (κ1) is 23.2. The van der Waals surface area contributed by atoms with E-state index in [4.69, 9.17) is 9.47 Å². The van der Waals surface area contributed by atoms with Gasteiger partial charge in [-0.2, -0.15) is 0 Å².